The van der Waals surface area contributed by atoms with Crippen molar-refractivity contribution in [1.29, 1.82) is 0 Å². The average Bonchev–Trinajstić information content (AvgIpc) is 2.43. The maximum absolute atomic E-state index is 12.6. The minimum atomic E-state index is -0.635. The van der Waals surface area contributed by atoms with Gasteiger partial charge in [0.1, 0.15) is 5.60 Å². The molecule has 3 nitrogen and oxygen atoms in total. The van der Waals surface area contributed by atoms with Gasteiger partial charge in [-0.05, 0) is 52.9 Å². The van der Waals surface area contributed by atoms with Crippen LogP contribution < -0.4 is 0 Å². The molecule has 0 aliphatic carbocycles. The third-order valence-electron chi connectivity index (χ3n) is 5.40. The third kappa shape index (κ3) is 2.80. The van der Waals surface area contributed by atoms with Crippen molar-refractivity contribution in [2.24, 2.45) is 17.8 Å². The summed E-state index contributed by atoms with van der Waals surface area (Å²) in [6.07, 6.45) is 1.29. The average molecular weight is 281 g/mol. The second kappa shape index (κ2) is 5.10. The number of nitrogens with zero attached hydrogens (tertiary/aromatic N) is 1. The van der Waals surface area contributed by atoms with Gasteiger partial charge in [0.15, 0.2) is 5.78 Å². The van der Waals surface area contributed by atoms with Gasteiger partial charge in [0.05, 0.1) is 11.5 Å². The van der Waals surface area contributed by atoms with Gasteiger partial charge in [-0.15, -0.1) is 0 Å². The molecule has 2 rings (SSSR count). The number of ketones is 1. The van der Waals surface area contributed by atoms with E-state index in [1.54, 1.807) is 0 Å². The molecule has 0 aromatic carbocycles. The number of carbonyl (C=O) groups is 1. The van der Waals surface area contributed by atoms with E-state index in [0.29, 0.717) is 12.0 Å². The fourth-order valence-electron chi connectivity index (χ4n) is 4.13. The Morgan fingerprint density at radius 3 is 2.30 bits per heavy atom. The number of rotatable bonds is 2. The summed E-state index contributed by atoms with van der Waals surface area (Å²) in [7, 11) is 0. The molecule has 0 spiro atoms. The molecular weight excluding hydrogens is 250 g/mol. The molecule has 2 aliphatic rings. The first-order chi connectivity index (χ1) is 9.04. The Kier molecular flexibility index (Phi) is 4.07. The molecule has 0 amide bonds. The molecule has 3 heteroatoms. The monoisotopic (exact) mass is 281 g/mol. The van der Waals surface area contributed by atoms with Gasteiger partial charge in [0.2, 0.25) is 0 Å². The third-order valence-corrected chi connectivity index (χ3v) is 5.40. The Hall–Kier alpha value is -0.410. The highest BCUT2D eigenvalue weighted by atomic mass is 16.5. The second-order valence-corrected chi connectivity index (χ2v) is 8.15. The predicted molar refractivity (Wildman–Crippen MR) is 81.7 cm³/mol. The van der Waals surface area contributed by atoms with Crippen LogP contribution in [-0.4, -0.2) is 41.0 Å². The lowest BCUT2D eigenvalue weighted by Crippen LogP contribution is -2.50. The molecule has 116 valence electrons. The fourth-order valence-corrected chi connectivity index (χ4v) is 4.13. The SMILES string of the molecule is CC1CC(C)C(C)N(CC2C(=O)C(C)(C)OC2(C)C)C1. The summed E-state index contributed by atoms with van der Waals surface area (Å²) in [5.41, 5.74) is -0.991. The number of hydrogen-bond donors (Lipinski definition) is 0. The zero-order chi connectivity index (χ0) is 15.3. The lowest BCUT2D eigenvalue weighted by atomic mass is 9.82. The standard InChI is InChI=1S/C17H31NO2/c1-11-8-12(2)13(3)18(9-11)10-14-15(19)17(6,7)20-16(14,4)5/h11-14H,8-10H2,1-7H3. The minimum absolute atomic E-state index is 0.0163. The van der Waals surface area contributed by atoms with Gasteiger partial charge in [-0.1, -0.05) is 13.8 Å². The first kappa shape index (κ1) is 16.0. The van der Waals surface area contributed by atoms with Crippen molar-refractivity contribution in [3.63, 3.8) is 0 Å². The van der Waals surface area contributed by atoms with Gasteiger partial charge in [0.25, 0.3) is 0 Å². The van der Waals surface area contributed by atoms with Gasteiger partial charge in [-0.2, -0.15) is 0 Å². The zero-order valence-electron chi connectivity index (χ0n) is 14.2. The Bertz CT molecular complexity index is 388. The summed E-state index contributed by atoms with van der Waals surface area (Å²) in [5, 5.41) is 0. The molecule has 2 heterocycles. The molecule has 0 bridgehead atoms. The Morgan fingerprint density at radius 1 is 1.20 bits per heavy atom. The van der Waals surface area contributed by atoms with Crippen LogP contribution in [0.4, 0.5) is 0 Å². The summed E-state index contributed by atoms with van der Waals surface area (Å²) in [5.74, 6) is 1.67. The van der Waals surface area contributed by atoms with Crippen LogP contribution in [0.1, 0.15) is 54.9 Å². The molecule has 0 radical (unpaired) electrons. The number of piperidine rings is 1. The van der Waals surface area contributed by atoms with Crippen LogP contribution in [0.5, 0.6) is 0 Å². The van der Waals surface area contributed by atoms with Gasteiger partial charge in [-0.3, -0.25) is 9.69 Å². The van der Waals surface area contributed by atoms with E-state index in [1.165, 1.54) is 6.42 Å². The van der Waals surface area contributed by atoms with Crippen LogP contribution in [0.15, 0.2) is 0 Å². The van der Waals surface area contributed by atoms with E-state index < -0.39 is 5.60 Å². The van der Waals surface area contributed by atoms with Crippen LogP contribution in [0.3, 0.4) is 0 Å². The fraction of sp³-hybridized carbons (Fsp3) is 0.941. The van der Waals surface area contributed by atoms with E-state index in [2.05, 4.69) is 39.5 Å². The number of hydrogen-bond acceptors (Lipinski definition) is 3. The molecule has 20 heavy (non-hydrogen) atoms. The zero-order valence-corrected chi connectivity index (χ0v) is 14.2. The molecule has 2 saturated heterocycles. The molecular formula is C17H31NO2. The number of likely N-dealkylation sites (tertiary alicyclic amines) is 1. The first-order valence-electron chi connectivity index (χ1n) is 8.03. The molecule has 2 aliphatic heterocycles. The van der Waals surface area contributed by atoms with Gasteiger partial charge in [-0.25, -0.2) is 0 Å². The van der Waals surface area contributed by atoms with Gasteiger partial charge >= 0.3 is 0 Å². The summed E-state index contributed by atoms with van der Waals surface area (Å²) < 4.78 is 6.02. The van der Waals surface area contributed by atoms with Crippen molar-refractivity contribution in [3.05, 3.63) is 0 Å². The second-order valence-electron chi connectivity index (χ2n) is 8.15. The van der Waals surface area contributed by atoms with Crippen LogP contribution in [0.2, 0.25) is 0 Å². The maximum Gasteiger partial charge on any atom is 0.171 e. The van der Waals surface area contributed by atoms with Crippen molar-refractivity contribution in [2.45, 2.75) is 72.1 Å². The lowest BCUT2D eigenvalue weighted by molar-refractivity contribution is -0.132. The molecule has 2 fully saturated rings. The smallest absolute Gasteiger partial charge is 0.171 e. The van der Waals surface area contributed by atoms with Gasteiger partial charge < -0.3 is 4.74 Å². The van der Waals surface area contributed by atoms with Crippen molar-refractivity contribution in [3.8, 4) is 0 Å². The van der Waals surface area contributed by atoms with E-state index in [1.807, 2.05) is 13.8 Å². The summed E-state index contributed by atoms with van der Waals surface area (Å²) in [4.78, 5) is 15.1. The van der Waals surface area contributed by atoms with Crippen molar-refractivity contribution in [2.75, 3.05) is 13.1 Å². The Balaban J connectivity index is 2.14. The Morgan fingerprint density at radius 2 is 1.80 bits per heavy atom. The summed E-state index contributed by atoms with van der Waals surface area (Å²) in [6, 6.07) is 0.554. The summed E-state index contributed by atoms with van der Waals surface area (Å²) >= 11 is 0. The van der Waals surface area contributed by atoms with Crippen LogP contribution >= 0.6 is 0 Å². The van der Waals surface area contributed by atoms with Crippen LogP contribution in [0.25, 0.3) is 0 Å². The molecule has 4 atom stereocenters. The molecule has 0 N–H and O–H groups in total. The normalized spacial score (nSPS) is 41.0. The highest BCUT2D eigenvalue weighted by Gasteiger charge is 2.54. The van der Waals surface area contributed by atoms with E-state index in [4.69, 9.17) is 4.74 Å². The number of carbonyl (C=O) groups excluding carboxylic acids is 1. The van der Waals surface area contributed by atoms with Gasteiger partial charge in [0, 0.05) is 19.1 Å². The quantitative estimate of drug-likeness (QED) is 0.779. The molecule has 0 aromatic rings. The summed E-state index contributed by atoms with van der Waals surface area (Å²) in [6.45, 7) is 16.8. The highest BCUT2D eigenvalue weighted by molar-refractivity contribution is 5.91. The van der Waals surface area contributed by atoms with Crippen molar-refractivity contribution in [1.82, 2.24) is 4.90 Å². The lowest BCUT2D eigenvalue weighted by Gasteiger charge is -2.43. The largest absolute Gasteiger partial charge is 0.361 e. The van der Waals surface area contributed by atoms with E-state index in [-0.39, 0.29) is 17.3 Å². The van der Waals surface area contributed by atoms with Crippen LogP contribution in [0, 0.1) is 17.8 Å². The highest BCUT2D eigenvalue weighted by Crippen LogP contribution is 2.40. The molecule has 0 saturated carbocycles. The van der Waals surface area contributed by atoms with E-state index in [9.17, 15) is 4.79 Å². The minimum Gasteiger partial charge on any atom is -0.361 e. The Labute approximate surface area is 124 Å². The van der Waals surface area contributed by atoms with Crippen LogP contribution in [-0.2, 0) is 9.53 Å². The molecule has 4 unspecified atom stereocenters. The molecule has 0 aromatic heterocycles. The number of Topliss-reactive ketones (excluding diaryl/α,β-unsaturated/α-hetero) is 1. The first-order valence-corrected chi connectivity index (χ1v) is 8.03. The van der Waals surface area contributed by atoms with Crippen molar-refractivity contribution >= 4 is 5.78 Å². The predicted octanol–water partition coefficient (Wildman–Crippen LogP) is 3.13. The van der Waals surface area contributed by atoms with Crippen molar-refractivity contribution < 1.29 is 9.53 Å². The number of ether oxygens (including phenoxy) is 1. The van der Waals surface area contributed by atoms with E-state index >= 15 is 0 Å². The topological polar surface area (TPSA) is 29.5 Å². The maximum atomic E-state index is 12.6. The van der Waals surface area contributed by atoms with E-state index in [0.717, 1.165) is 19.0 Å².